The van der Waals surface area contributed by atoms with Crippen LogP contribution < -0.4 is 0 Å². The molecule has 0 aromatic carbocycles. The Morgan fingerprint density at radius 1 is 0.690 bits per heavy atom. The van der Waals surface area contributed by atoms with Gasteiger partial charge in [0.1, 0.15) is 0 Å². The van der Waals surface area contributed by atoms with E-state index in [1.54, 1.807) is 77.0 Å². The average Bonchev–Trinajstić information content (AvgIpc) is 3.42. The van der Waals surface area contributed by atoms with E-state index in [-0.39, 0.29) is 0 Å². The molecule has 0 heterocycles. The van der Waals surface area contributed by atoms with Gasteiger partial charge < -0.3 is 0 Å². The minimum Gasteiger partial charge on any atom is -0.0689 e. The SMILES string of the molecule is CCC[C@H](C)C1CC([Si](C)(C)C2CCC3CCCCC32)C2CC3CCCC3CC21. The molecule has 1 heteroatoms. The molecule has 0 N–H and O–H groups in total. The Hall–Kier alpha value is 0.217. The molecule has 9 unspecified atom stereocenters. The maximum Gasteiger partial charge on any atom is 0.0541 e. The number of hydrogen-bond donors (Lipinski definition) is 0. The molecule has 29 heavy (non-hydrogen) atoms. The van der Waals surface area contributed by atoms with Crippen molar-refractivity contribution in [2.75, 3.05) is 0 Å². The van der Waals surface area contributed by atoms with Gasteiger partial charge in [-0.25, -0.2) is 0 Å². The van der Waals surface area contributed by atoms with Crippen LogP contribution in [-0.2, 0) is 0 Å². The summed E-state index contributed by atoms with van der Waals surface area (Å²) in [7, 11) is -1.21. The summed E-state index contributed by atoms with van der Waals surface area (Å²) in [4.78, 5) is 0. The average molecular weight is 415 g/mol. The number of rotatable bonds is 5. The lowest BCUT2D eigenvalue weighted by molar-refractivity contribution is 0.108. The standard InChI is InChI=1S/C28H50Si/c1-5-9-19(2)24-18-28(26-17-22-12-8-11-21(22)16-25(24)26)29(3,4)27-15-14-20-10-6-7-13-23(20)27/h19-28H,5-18H2,1-4H3/t19-,20?,21?,22?,23?,24?,25?,26?,27?,28?/m0/s1. The predicted molar refractivity (Wildman–Crippen MR) is 129 cm³/mol. The fourth-order valence-electron chi connectivity index (χ4n) is 10.5. The van der Waals surface area contributed by atoms with E-state index in [2.05, 4.69) is 26.9 Å². The van der Waals surface area contributed by atoms with E-state index in [4.69, 9.17) is 0 Å². The minimum atomic E-state index is -1.21. The van der Waals surface area contributed by atoms with Crippen LogP contribution in [0.1, 0.15) is 104 Å². The molecule has 5 aliphatic rings. The van der Waals surface area contributed by atoms with Crippen LogP contribution in [0.3, 0.4) is 0 Å². The highest BCUT2D eigenvalue weighted by Gasteiger charge is 2.58. The quantitative estimate of drug-likeness (QED) is 0.394. The molecule has 0 aromatic heterocycles. The number of fused-ring (bicyclic) bond motifs is 3. The van der Waals surface area contributed by atoms with E-state index in [1.807, 2.05) is 0 Å². The molecule has 0 aliphatic heterocycles. The molecular formula is C28H50Si. The zero-order chi connectivity index (χ0) is 20.2. The molecule has 5 rings (SSSR count). The molecule has 5 aliphatic carbocycles. The fraction of sp³-hybridized carbons (Fsp3) is 1.00. The van der Waals surface area contributed by atoms with Gasteiger partial charge in [0, 0.05) is 0 Å². The molecule has 0 radical (unpaired) electrons. The second-order valence-corrected chi connectivity index (χ2v) is 18.4. The van der Waals surface area contributed by atoms with E-state index in [9.17, 15) is 0 Å². The van der Waals surface area contributed by atoms with Gasteiger partial charge in [-0.1, -0.05) is 97.6 Å². The molecular weight excluding hydrogens is 364 g/mol. The summed E-state index contributed by atoms with van der Waals surface area (Å²) in [6.07, 6.45) is 22.1. The Balaban J connectivity index is 1.40. The van der Waals surface area contributed by atoms with Gasteiger partial charge in [0.05, 0.1) is 8.07 Å². The predicted octanol–water partition coefficient (Wildman–Crippen LogP) is 8.93. The molecule has 0 spiro atoms. The fourth-order valence-corrected chi connectivity index (χ4v) is 15.9. The van der Waals surface area contributed by atoms with Crippen molar-refractivity contribution in [2.24, 2.45) is 47.3 Å². The Kier molecular flexibility index (Phi) is 6.03. The second-order valence-electron chi connectivity index (χ2n) is 13.2. The van der Waals surface area contributed by atoms with Gasteiger partial charge in [0.15, 0.2) is 0 Å². The highest BCUT2D eigenvalue weighted by atomic mass is 28.3. The van der Waals surface area contributed by atoms with Crippen LogP contribution in [0.5, 0.6) is 0 Å². The summed E-state index contributed by atoms with van der Waals surface area (Å²) < 4.78 is 0. The van der Waals surface area contributed by atoms with Crippen molar-refractivity contribution < 1.29 is 0 Å². The van der Waals surface area contributed by atoms with Gasteiger partial charge in [0.2, 0.25) is 0 Å². The summed E-state index contributed by atoms with van der Waals surface area (Å²) >= 11 is 0. The third kappa shape index (κ3) is 3.62. The molecule has 0 bridgehead atoms. The lowest BCUT2D eigenvalue weighted by atomic mass is 9.67. The van der Waals surface area contributed by atoms with Crippen LogP contribution in [0.2, 0.25) is 24.2 Å². The number of hydrogen-bond acceptors (Lipinski definition) is 0. The highest BCUT2D eigenvalue weighted by Crippen LogP contribution is 2.66. The minimum absolute atomic E-state index is 0.992. The van der Waals surface area contributed by atoms with Crippen molar-refractivity contribution in [1.29, 1.82) is 0 Å². The van der Waals surface area contributed by atoms with Gasteiger partial charge >= 0.3 is 0 Å². The van der Waals surface area contributed by atoms with E-state index in [1.165, 1.54) is 23.9 Å². The largest absolute Gasteiger partial charge is 0.0689 e. The van der Waals surface area contributed by atoms with Gasteiger partial charge in [-0.3, -0.25) is 0 Å². The van der Waals surface area contributed by atoms with Crippen molar-refractivity contribution in [3.63, 3.8) is 0 Å². The topological polar surface area (TPSA) is 0 Å². The molecule has 166 valence electrons. The third-order valence-electron chi connectivity index (χ3n) is 11.8. The second kappa shape index (κ2) is 8.29. The van der Waals surface area contributed by atoms with Crippen LogP contribution in [0.4, 0.5) is 0 Å². The van der Waals surface area contributed by atoms with Crippen molar-refractivity contribution >= 4 is 8.07 Å². The Morgan fingerprint density at radius 3 is 2.14 bits per heavy atom. The third-order valence-corrected chi connectivity index (χ3v) is 17.0. The maximum absolute atomic E-state index is 2.91. The summed E-state index contributed by atoms with van der Waals surface area (Å²) in [5.74, 6) is 8.89. The summed E-state index contributed by atoms with van der Waals surface area (Å²) in [6, 6.07) is 0. The summed E-state index contributed by atoms with van der Waals surface area (Å²) in [5, 5.41) is 0. The first kappa shape index (κ1) is 21.1. The molecule has 0 aromatic rings. The van der Waals surface area contributed by atoms with Gasteiger partial charge in [-0.05, 0) is 77.7 Å². The van der Waals surface area contributed by atoms with Crippen molar-refractivity contribution in [3.8, 4) is 0 Å². The lowest BCUT2D eigenvalue weighted by Gasteiger charge is -2.46. The normalized spacial score (nSPS) is 48.2. The van der Waals surface area contributed by atoms with E-state index >= 15 is 0 Å². The van der Waals surface area contributed by atoms with Crippen molar-refractivity contribution in [2.45, 2.75) is 128 Å². The van der Waals surface area contributed by atoms with Crippen LogP contribution in [-0.4, -0.2) is 8.07 Å². The van der Waals surface area contributed by atoms with Crippen LogP contribution in [0.25, 0.3) is 0 Å². The van der Waals surface area contributed by atoms with Crippen LogP contribution in [0.15, 0.2) is 0 Å². The first-order chi connectivity index (χ1) is 14.0. The summed E-state index contributed by atoms with van der Waals surface area (Å²) in [6.45, 7) is 10.9. The van der Waals surface area contributed by atoms with E-state index in [0.29, 0.717) is 0 Å². The van der Waals surface area contributed by atoms with Crippen molar-refractivity contribution in [3.05, 3.63) is 0 Å². The van der Waals surface area contributed by atoms with Gasteiger partial charge in [-0.2, -0.15) is 0 Å². The van der Waals surface area contributed by atoms with Crippen molar-refractivity contribution in [1.82, 2.24) is 0 Å². The molecule has 0 amide bonds. The highest BCUT2D eigenvalue weighted by molar-refractivity contribution is 6.80. The molecule has 10 atom stereocenters. The Labute approximate surface area is 183 Å². The Bertz CT molecular complexity index is 567. The van der Waals surface area contributed by atoms with Gasteiger partial charge in [-0.15, -0.1) is 0 Å². The zero-order valence-corrected chi connectivity index (χ0v) is 21.2. The molecule has 5 fully saturated rings. The van der Waals surface area contributed by atoms with E-state index < -0.39 is 8.07 Å². The molecule has 0 nitrogen and oxygen atoms in total. The molecule has 0 saturated heterocycles. The first-order valence-electron chi connectivity index (χ1n) is 14.0. The van der Waals surface area contributed by atoms with E-state index in [0.717, 1.165) is 47.3 Å². The van der Waals surface area contributed by atoms with Crippen LogP contribution >= 0.6 is 0 Å². The molecule has 5 saturated carbocycles. The maximum atomic E-state index is 2.91. The Morgan fingerprint density at radius 2 is 1.38 bits per heavy atom. The first-order valence-corrected chi connectivity index (χ1v) is 17.2. The van der Waals surface area contributed by atoms with Gasteiger partial charge in [0.25, 0.3) is 0 Å². The lowest BCUT2D eigenvalue weighted by Crippen LogP contribution is -2.44. The van der Waals surface area contributed by atoms with Crippen LogP contribution in [0, 0.1) is 47.3 Å². The summed E-state index contributed by atoms with van der Waals surface area (Å²) in [5.41, 5.74) is 2.35. The smallest absolute Gasteiger partial charge is 0.0541 e. The monoisotopic (exact) mass is 414 g/mol. The zero-order valence-electron chi connectivity index (χ0n) is 20.2.